The second-order valence-corrected chi connectivity index (χ2v) is 5.66. The van der Waals surface area contributed by atoms with E-state index >= 15 is 0 Å². The number of carbonyl (C=O) groups excluding carboxylic acids is 1. The van der Waals surface area contributed by atoms with E-state index in [-0.39, 0.29) is 5.97 Å². The Morgan fingerprint density at radius 1 is 1.53 bits per heavy atom. The van der Waals surface area contributed by atoms with E-state index in [1.807, 2.05) is 32.7 Å². The number of hydrogen-bond donors (Lipinski definition) is 0. The van der Waals surface area contributed by atoms with Gasteiger partial charge in [-0.15, -0.1) is 11.3 Å². The molecule has 0 bridgehead atoms. The molecule has 96 valence electrons. The average molecular weight is 255 g/mol. The van der Waals surface area contributed by atoms with Crippen LogP contribution in [0.15, 0.2) is 11.4 Å². The van der Waals surface area contributed by atoms with Crippen LogP contribution in [0.2, 0.25) is 0 Å². The third-order valence-electron chi connectivity index (χ3n) is 3.08. The summed E-state index contributed by atoms with van der Waals surface area (Å²) in [6.07, 6.45) is 0. The van der Waals surface area contributed by atoms with Crippen LogP contribution in [0.3, 0.4) is 0 Å². The second kappa shape index (κ2) is 5.65. The molecule has 0 saturated carbocycles. The third kappa shape index (κ3) is 3.30. The highest BCUT2D eigenvalue weighted by Crippen LogP contribution is 2.22. The summed E-state index contributed by atoms with van der Waals surface area (Å²) in [7, 11) is 1.95. The summed E-state index contributed by atoms with van der Waals surface area (Å²) < 4.78 is 5.10. The molecule has 4 heteroatoms. The lowest BCUT2D eigenvalue weighted by Gasteiger charge is -2.32. The zero-order chi connectivity index (χ0) is 13.1. The first-order valence-corrected chi connectivity index (χ1v) is 6.69. The van der Waals surface area contributed by atoms with Crippen molar-refractivity contribution in [2.45, 2.75) is 39.8 Å². The topological polar surface area (TPSA) is 29.5 Å². The molecule has 0 saturated heterocycles. The molecule has 3 nitrogen and oxygen atoms in total. The highest BCUT2D eigenvalue weighted by atomic mass is 32.1. The number of esters is 1. The standard InChI is InChI=1S/C13H21NO2S/c1-6-16-12(15)13(3,4)14(5)9-11-10(2)7-8-17-11/h7-8H,6,9H2,1-5H3. The van der Waals surface area contributed by atoms with Gasteiger partial charge in [0.2, 0.25) is 0 Å². The predicted octanol–water partition coefficient (Wildman–Crippen LogP) is 2.83. The fourth-order valence-electron chi connectivity index (χ4n) is 1.44. The maximum absolute atomic E-state index is 11.9. The maximum Gasteiger partial charge on any atom is 0.325 e. The van der Waals surface area contributed by atoms with Gasteiger partial charge in [0.1, 0.15) is 5.54 Å². The molecule has 1 heterocycles. The van der Waals surface area contributed by atoms with Gasteiger partial charge >= 0.3 is 5.97 Å². The van der Waals surface area contributed by atoms with E-state index in [0.717, 1.165) is 6.54 Å². The minimum Gasteiger partial charge on any atom is -0.465 e. The normalized spacial score (nSPS) is 11.9. The van der Waals surface area contributed by atoms with Gasteiger partial charge in [0.15, 0.2) is 0 Å². The quantitative estimate of drug-likeness (QED) is 0.758. The molecular formula is C13H21NO2S. The molecule has 1 rings (SSSR count). The Morgan fingerprint density at radius 3 is 2.65 bits per heavy atom. The third-order valence-corrected chi connectivity index (χ3v) is 4.09. The smallest absolute Gasteiger partial charge is 0.325 e. The van der Waals surface area contributed by atoms with Crippen molar-refractivity contribution in [2.75, 3.05) is 13.7 Å². The van der Waals surface area contributed by atoms with Gasteiger partial charge in [0, 0.05) is 11.4 Å². The minimum absolute atomic E-state index is 0.170. The number of hydrogen-bond acceptors (Lipinski definition) is 4. The highest BCUT2D eigenvalue weighted by Gasteiger charge is 2.33. The molecule has 0 aliphatic rings. The number of likely N-dealkylation sites (N-methyl/N-ethyl adjacent to an activating group) is 1. The SMILES string of the molecule is CCOC(=O)C(C)(C)N(C)Cc1sccc1C. The number of thiophene rings is 1. The van der Waals surface area contributed by atoms with E-state index in [4.69, 9.17) is 4.74 Å². The van der Waals surface area contributed by atoms with Gasteiger partial charge in [-0.2, -0.15) is 0 Å². The van der Waals surface area contributed by atoms with Crippen LogP contribution >= 0.6 is 11.3 Å². The van der Waals surface area contributed by atoms with Gasteiger partial charge in [0.25, 0.3) is 0 Å². The summed E-state index contributed by atoms with van der Waals surface area (Å²) in [5.41, 5.74) is 0.688. The predicted molar refractivity (Wildman–Crippen MR) is 71.2 cm³/mol. The van der Waals surface area contributed by atoms with Crippen molar-refractivity contribution in [3.8, 4) is 0 Å². The van der Waals surface area contributed by atoms with Gasteiger partial charge < -0.3 is 4.74 Å². The van der Waals surface area contributed by atoms with Gasteiger partial charge in [0.05, 0.1) is 6.61 Å². The number of carbonyl (C=O) groups is 1. The van der Waals surface area contributed by atoms with Crippen LogP contribution < -0.4 is 0 Å². The molecule has 0 radical (unpaired) electrons. The van der Waals surface area contributed by atoms with Crippen LogP contribution in [0.25, 0.3) is 0 Å². The van der Waals surface area contributed by atoms with E-state index in [0.29, 0.717) is 6.61 Å². The first-order chi connectivity index (χ1) is 7.89. The van der Waals surface area contributed by atoms with E-state index in [2.05, 4.69) is 18.4 Å². The lowest BCUT2D eigenvalue weighted by molar-refractivity contribution is -0.155. The van der Waals surface area contributed by atoms with Crippen LogP contribution in [0, 0.1) is 6.92 Å². The Labute approximate surface area is 107 Å². The van der Waals surface area contributed by atoms with Crippen molar-refractivity contribution >= 4 is 17.3 Å². The van der Waals surface area contributed by atoms with Crippen LogP contribution in [0.4, 0.5) is 0 Å². The lowest BCUT2D eigenvalue weighted by atomic mass is 10.0. The summed E-state index contributed by atoms with van der Waals surface area (Å²) in [6, 6.07) is 2.10. The summed E-state index contributed by atoms with van der Waals surface area (Å²) in [5.74, 6) is -0.170. The molecule has 0 aliphatic heterocycles. The van der Waals surface area contributed by atoms with Crippen LogP contribution in [-0.2, 0) is 16.1 Å². The van der Waals surface area contributed by atoms with Crippen molar-refractivity contribution in [3.05, 3.63) is 21.9 Å². The molecule has 0 fully saturated rings. The van der Waals surface area contributed by atoms with Crippen LogP contribution in [0.5, 0.6) is 0 Å². The first kappa shape index (κ1) is 14.2. The molecule has 0 amide bonds. The Bertz CT molecular complexity index is 385. The summed E-state index contributed by atoms with van der Waals surface area (Å²) >= 11 is 1.73. The second-order valence-electron chi connectivity index (χ2n) is 4.66. The van der Waals surface area contributed by atoms with E-state index in [9.17, 15) is 4.79 Å². The number of aryl methyl sites for hydroxylation is 1. The monoisotopic (exact) mass is 255 g/mol. The van der Waals surface area contributed by atoms with Crippen molar-refractivity contribution in [2.24, 2.45) is 0 Å². The number of ether oxygens (including phenoxy) is 1. The van der Waals surface area contributed by atoms with E-state index in [1.54, 1.807) is 11.3 Å². The molecule has 0 atom stereocenters. The van der Waals surface area contributed by atoms with Crippen molar-refractivity contribution < 1.29 is 9.53 Å². The Balaban J connectivity index is 2.72. The molecule has 0 spiro atoms. The van der Waals surface area contributed by atoms with E-state index in [1.165, 1.54) is 10.4 Å². The molecule has 17 heavy (non-hydrogen) atoms. The zero-order valence-corrected chi connectivity index (χ0v) is 12.1. The van der Waals surface area contributed by atoms with E-state index < -0.39 is 5.54 Å². The van der Waals surface area contributed by atoms with Gasteiger partial charge in [-0.25, -0.2) is 0 Å². The fraction of sp³-hybridized carbons (Fsp3) is 0.615. The Morgan fingerprint density at radius 2 is 2.18 bits per heavy atom. The summed E-state index contributed by atoms with van der Waals surface area (Å²) in [6.45, 7) is 8.92. The number of rotatable bonds is 5. The van der Waals surface area contributed by atoms with Crippen LogP contribution in [-0.4, -0.2) is 30.1 Å². The van der Waals surface area contributed by atoms with Gasteiger partial charge in [-0.1, -0.05) is 0 Å². The Kier molecular flexibility index (Phi) is 4.71. The average Bonchev–Trinajstić information content (AvgIpc) is 2.64. The maximum atomic E-state index is 11.9. The molecule has 0 N–H and O–H groups in total. The molecule has 1 aromatic rings. The zero-order valence-electron chi connectivity index (χ0n) is 11.2. The van der Waals surface area contributed by atoms with Gasteiger partial charge in [-0.05, 0) is 51.8 Å². The van der Waals surface area contributed by atoms with Gasteiger partial charge in [-0.3, -0.25) is 9.69 Å². The Hall–Kier alpha value is -0.870. The molecule has 0 aromatic carbocycles. The minimum atomic E-state index is -0.591. The van der Waals surface area contributed by atoms with Crippen molar-refractivity contribution in [1.29, 1.82) is 0 Å². The van der Waals surface area contributed by atoms with Crippen LogP contribution in [0.1, 0.15) is 31.2 Å². The molecule has 0 unspecified atom stereocenters. The van der Waals surface area contributed by atoms with Crippen molar-refractivity contribution in [3.63, 3.8) is 0 Å². The molecule has 0 aliphatic carbocycles. The fourth-order valence-corrected chi connectivity index (χ4v) is 2.40. The lowest BCUT2D eigenvalue weighted by Crippen LogP contribution is -2.48. The largest absolute Gasteiger partial charge is 0.465 e. The molecule has 1 aromatic heterocycles. The summed E-state index contributed by atoms with van der Waals surface area (Å²) in [5, 5.41) is 2.08. The number of nitrogens with zero attached hydrogens (tertiary/aromatic N) is 1. The summed E-state index contributed by atoms with van der Waals surface area (Å²) in [4.78, 5) is 15.2. The highest BCUT2D eigenvalue weighted by molar-refractivity contribution is 7.10. The first-order valence-electron chi connectivity index (χ1n) is 5.81. The van der Waals surface area contributed by atoms with Crippen molar-refractivity contribution in [1.82, 2.24) is 4.90 Å². The molecular weight excluding hydrogens is 234 g/mol.